The molecule has 1 fully saturated rings. The van der Waals surface area contributed by atoms with E-state index in [-0.39, 0.29) is 12.5 Å². The highest BCUT2D eigenvalue weighted by molar-refractivity contribution is 6.35. The predicted molar refractivity (Wildman–Crippen MR) is 136 cm³/mol. The van der Waals surface area contributed by atoms with Gasteiger partial charge >= 0.3 is 0 Å². The van der Waals surface area contributed by atoms with Crippen molar-refractivity contribution < 1.29 is 9.53 Å². The highest BCUT2D eigenvalue weighted by atomic mass is 35.5. The number of halogens is 2. The maximum absolute atomic E-state index is 12.4. The molecule has 0 unspecified atom stereocenters. The third-order valence-corrected chi connectivity index (χ3v) is 6.44. The van der Waals surface area contributed by atoms with Crippen LogP contribution in [0.3, 0.4) is 0 Å². The first kappa shape index (κ1) is 23.6. The molecule has 0 aliphatic carbocycles. The number of aryl methyl sites for hydroxylation is 1. The van der Waals surface area contributed by atoms with Crippen molar-refractivity contribution in [2.75, 3.05) is 43.0 Å². The fourth-order valence-electron chi connectivity index (χ4n) is 4.02. The number of ether oxygens (including phenoxy) is 1. The molecule has 2 heterocycles. The van der Waals surface area contributed by atoms with E-state index in [1.807, 2.05) is 18.2 Å². The van der Waals surface area contributed by atoms with Crippen LogP contribution in [-0.4, -0.2) is 54.6 Å². The molecule has 2 aromatic carbocycles. The molecule has 1 aliphatic rings. The number of pyridine rings is 1. The summed E-state index contributed by atoms with van der Waals surface area (Å²) in [7, 11) is 0. The summed E-state index contributed by atoms with van der Waals surface area (Å²) in [6.07, 6.45) is 0. The zero-order valence-electron chi connectivity index (χ0n) is 19.1. The molecule has 1 saturated heterocycles. The summed E-state index contributed by atoms with van der Waals surface area (Å²) in [5, 5.41) is 4.77. The Labute approximate surface area is 204 Å². The van der Waals surface area contributed by atoms with Crippen LogP contribution in [-0.2, 0) is 4.79 Å². The Kier molecular flexibility index (Phi) is 7.27. The predicted octanol–water partition coefficient (Wildman–Crippen LogP) is 5.40. The fraction of sp³-hybridized carbons (Fsp3) is 0.360. The number of hydrogen-bond acceptors (Lipinski definition) is 5. The van der Waals surface area contributed by atoms with Gasteiger partial charge in [0.05, 0.1) is 10.5 Å². The number of fused-ring (bicyclic) bond motifs is 1. The Bertz CT molecular complexity index is 1160. The van der Waals surface area contributed by atoms with Gasteiger partial charge in [0.25, 0.3) is 5.91 Å². The Morgan fingerprint density at radius 2 is 1.85 bits per heavy atom. The molecule has 8 heteroatoms. The van der Waals surface area contributed by atoms with Crippen molar-refractivity contribution in [1.82, 2.24) is 9.88 Å². The highest BCUT2D eigenvalue weighted by Crippen LogP contribution is 2.28. The van der Waals surface area contributed by atoms with Gasteiger partial charge in [0.2, 0.25) is 0 Å². The standard InChI is InChI=1S/C25H28Cl2N4O2/c1-16(2)30-8-10-31(11-9-30)24-12-17(3)20-14-19(5-6-22(20)29-24)28-25(32)15-33-23-7-4-18(26)13-21(23)27/h4-7,12-14,16H,8-11,15H2,1-3H3,(H,28,32). The van der Waals surface area contributed by atoms with Crippen molar-refractivity contribution in [1.29, 1.82) is 0 Å². The molecule has 6 nitrogen and oxygen atoms in total. The number of rotatable bonds is 6. The molecular formula is C25H28Cl2N4O2. The Balaban J connectivity index is 1.42. The zero-order chi connectivity index (χ0) is 23.5. The van der Waals surface area contributed by atoms with Crippen molar-refractivity contribution in [2.45, 2.75) is 26.8 Å². The summed E-state index contributed by atoms with van der Waals surface area (Å²) in [4.78, 5) is 22.1. The second-order valence-corrected chi connectivity index (χ2v) is 9.40. The van der Waals surface area contributed by atoms with Gasteiger partial charge in [0.15, 0.2) is 6.61 Å². The molecule has 0 saturated carbocycles. The van der Waals surface area contributed by atoms with E-state index in [2.05, 4.69) is 42.0 Å². The number of carbonyl (C=O) groups is 1. The molecule has 33 heavy (non-hydrogen) atoms. The maximum Gasteiger partial charge on any atom is 0.262 e. The number of aromatic nitrogens is 1. The molecule has 174 valence electrons. The Morgan fingerprint density at radius 1 is 1.09 bits per heavy atom. The maximum atomic E-state index is 12.4. The molecule has 0 bridgehead atoms. The smallest absolute Gasteiger partial charge is 0.262 e. The van der Waals surface area contributed by atoms with Crippen molar-refractivity contribution in [2.24, 2.45) is 0 Å². The van der Waals surface area contributed by atoms with Crippen LogP contribution >= 0.6 is 23.2 Å². The average Bonchev–Trinajstić information content (AvgIpc) is 2.79. The van der Waals surface area contributed by atoms with E-state index in [1.165, 1.54) is 0 Å². The molecule has 0 radical (unpaired) electrons. The fourth-order valence-corrected chi connectivity index (χ4v) is 4.48. The second-order valence-electron chi connectivity index (χ2n) is 8.56. The first-order valence-corrected chi connectivity index (χ1v) is 11.8. The van der Waals surface area contributed by atoms with Crippen molar-refractivity contribution >= 4 is 51.5 Å². The van der Waals surface area contributed by atoms with Gasteiger partial charge in [-0.25, -0.2) is 4.98 Å². The van der Waals surface area contributed by atoms with E-state index in [0.29, 0.717) is 27.5 Å². The number of amides is 1. The van der Waals surface area contributed by atoms with Crippen LogP contribution in [0.2, 0.25) is 10.0 Å². The largest absolute Gasteiger partial charge is 0.482 e. The molecule has 3 aromatic rings. The van der Waals surface area contributed by atoms with E-state index in [4.69, 9.17) is 32.9 Å². The van der Waals surface area contributed by atoms with Crippen LogP contribution in [0.15, 0.2) is 42.5 Å². The van der Waals surface area contributed by atoms with E-state index in [9.17, 15) is 4.79 Å². The van der Waals surface area contributed by atoms with Crippen molar-refractivity contribution in [3.05, 3.63) is 58.1 Å². The third kappa shape index (κ3) is 5.69. The molecule has 1 N–H and O–H groups in total. The minimum absolute atomic E-state index is 0.155. The van der Waals surface area contributed by atoms with Gasteiger partial charge in [-0.3, -0.25) is 9.69 Å². The lowest BCUT2D eigenvalue weighted by Gasteiger charge is -2.37. The van der Waals surface area contributed by atoms with E-state index in [0.717, 1.165) is 48.5 Å². The lowest BCUT2D eigenvalue weighted by molar-refractivity contribution is -0.118. The molecule has 1 amide bonds. The van der Waals surface area contributed by atoms with Gasteiger partial charge in [-0.1, -0.05) is 23.2 Å². The summed E-state index contributed by atoms with van der Waals surface area (Å²) in [6, 6.07) is 13.3. The highest BCUT2D eigenvalue weighted by Gasteiger charge is 2.20. The number of piperazine rings is 1. The van der Waals surface area contributed by atoms with Gasteiger partial charge in [0.1, 0.15) is 11.6 Å². The number of nitrogens with zero attached hydrogens (tertiary/aromatic N) is 3. The van der Waals surface area contributed by atoms with Crippen LogP contribution in [0.1, 0.15) is 19.4 Å². The van der Waals surface area contributed by atoms with Gasteiger partial charge in [-0.15, -0.1) is 0 Å². The monoisotopic (exact) mass is 486 g/mol. The lowest BCUT2D eigenvalue weighted by Crippen LogP contribution is -2.49. The minimum atomic E-state index is -0.273. The summed E-state index contributed by atoms with van der Waals surface area (Å²) >= 11 is 12.0. The SMILES string of the molecule is Cc1cc(N2CCN(C(C)C)CC2)nc2ccc(NC(=O)COc3ccc(Cl)cc3Cl)cc12. The van der Waals surface area contributed by atoms with E-state index in [1.54, 1.807) is 18.2 Å². The first-order valence-electron chi connectivity index (χ1n) is 11.1. The number of nitrogens with one attached hydrogen (secondary N) is 1. The molecule has 0 spiro atoms. The summed E-state index contributed by atoms with van der Waals surface area (Å²) in [6.45, 7) is 10.4. The van der Waals surface area contributed by atoms with Crippen molar-refractivity contribution in [3.8, 4) is 5.75 Å². The van der Waals surface area contributed by atoms with Crippen LogP contribution in [0, 0.1) is 6.92 Å². The molecular weight excluding hydrogens is 459 g/mol. The Hall–Kier alpha value is -2.54. The molecule has 4 rings (SSSR count). The Morgan fingerprint density at radius 3 is 2.55 bits per heavy atom. The van der Waals surface area contributed by atoms with E-state index < -0.39 is 0 Å². The summed E-state index contributed by atoms with van der Waals surface area (Å²) in [5.74, 6) is 1.15. The van der Waals surface area contributed by atoms with Crippen LogP contribution < -0.4 is 15.0 Å². The van der Waals surface area contributed by atoms with Gasteiger partial charge < -0.3 is 15.0 Å². The number of carbonyl (C=O) groups excluding carboxylic acids is 1. The minimum Gasteiger partial charge on any atom is -0.482 e. The molecule has 1 aliphatic heterocycles. The zero-order valence-corrected chi connectivity index (χ0v) is 20.6. The molecule has 1 aromatic heterocycles. The normalized spacial score (nSPS) is 14.7. The van der Waals surface area contributed by atoms with Crippen LogP contribution in [0.5, 0.6) is 5.75 Å². The van der Waals surface area contributed by atoms with Gasteiger partial charge in [0, 0.05) is 48.3 Å². The quantitative estimate of drug-likeness (QED) is 0.505. The summed E-state index contributed by atoms with van der Waals surface area (Å²) in [5.41, 5.74) is 2.74. The first-order chi connectivity index (χ1) is 15.8. The molecule has 0 atom stereocenters. The topological polar surface area (TPSA) is 57.7 Å². The second kappa shape index (κ2) is 10.2. The number of hydrogen-bond donors (Lipinski definition) is 1. The van der Waals surface area contributed by atoms with E-state index >= 15 is 0 Å². The average molecular weight is 487 g/mol. The number of anilines is 2. The number of benzene rings is 2. The van der Waals surface area contributed by atoms with Crippen molar-refractivity contribution in [3.63, 3.8) is 0 Å². The van der Waals surface area contributed by atoms with Crippen LogP contribution in [0.25, 0.3) is 10.9 Å². The van der Waals surface area contributed by atoms with Crippen LogP contribution in [0.4, 0.5) is 11.5 Å². The van der Waals surface area contributed by atoms with Gasteiger partial charge in [-0.05, 0) is 68.8 Å². The summed E-state index contributed by atoms with van der Waals surface area (Å²) < 4.78 is 5.52. The van der Waals surface area contributed by atoms with Gasteiger partial charge in [-0.2, -0.15) is 0 Å². The third-order valence-electron chi connectivity index (χ3n) is 5.91. The lowest BCUT2D eigenvalue weighted by atomic mass is 10.1.